The number of rotatable bonds is 16. The second-order valence-electron chi connectivity index (χ2n) is 17.7. The molecule has 2 heterocycles. The van der Waals surface area contributed by atoms with Gasteiger partial charge in [0.25, 0.3) is 0 Å². The second-order valence-corrected chi connectivity index (χ2v) is 17.7. The maximum absolute atomic E-state index is 13.0. The summed E-state index contributed by atoms with van der Waals surface area (Å²) in [6.45, 7) is 5.28. The van der Waals surface area contributed by atoms with Gasteiger partial charge in [-0.05, 0) is 98.7 Å². The Bertz CT molecular complexity index is 1500. The molecule has 2 aliphatic heterocycles. The lowest BCUT2D eigenvalue weighted by molar-refractivity contribution is -0.319. The summed E-state index contributed by atoms with van der Waals surface area (Å²) in [5.41, 5.74) is 1.66. The molecule has 1 saturated heterocycles. The van der Waals surface area contributed by atoms with Crippen molar-refractivity contribution >= 4 is 17.9 Å². The molecule has 9 heteroatoms. The van der Waals surface area contributed by atoms with E-state index in [1.165, 1.54) is 12.8 Å². The number of cyclic esters (lactones) is 1. The van der Waals surface area contributed by atoms with Crippen LogP contribution in [0.25, 0.3) is 0 Å². The minimum atomic E-state index is -0.703. The van der Waals surface area contributed by atoms with Crippen molar-refractivity contribution in [3.8, 4) is 5.75 Å². The zero-order chi connectivity index (χ0) is 37.2. The number of benzene rings is 1. The SMILES string of the molecule is COc1ccc(C2O[C@H]3C[C@]4(O2)[C@@H]2CC[C@@H]5C[C@@H](OC(=O)CCCCCCCCCCCC(=O)O)CC[C@]5(C)[C@H]2CC[C@]4(C)[C@H]3C2=CC(=O)OC2)cc1. The highest BCUT2D eigenvalue weighted by molar-refractivity contribution is 5.85. The predicted octanol–water partition coefficient (Wildman–Crippen LogP) is 9.27. The van der Waals surface area contributed by atoms with Gasteiger partial charge in [-0.25, -0.2) is 4.79 Å². The summed E-state index contributed by atoms with van der Waals surface area (Å²) in [5, 5.41) is 8.75. The molecule has 0 aromatic heterocycles. The van der Waals surface area contributed by atoms with Crippen molar-refractivity contribution in [2.24, 2.45) is 34.5 Å². The van der Waals surface area contributed by atoms with Crippen molar-refractivity contribution < 1.29 is 43.2 Å². The fourth-order valence-corrected chi connectivity index (χ4v) is 12.2. The van der Waals surface area contributed by atoms with Crippen LogP contribution in [-0.2, 0) is 33.3 Å². The Morgan fingerprint density at radius 2 is 1.57 bits per heavy atom. The monoisotopic (exact) mass is 734 g/mol. The molecule has 6 aliphatic rings. The molecule has 1 aromatic carbocycles. The Labute approximate surface area is 315 Å². The van der Waals surface area contributed by atoms with Crippen molar-refractivity contribution in [2.45, 2.75) is 160 Å². The van der Waals surface area contributed by atoms with Crippen LogP contribution in [0, 0.1) is 34.5 Å². The third kappa shape index (κ3) is 7.55. The maximum atomic E-state index is 13.0. The van der Waals surface area contributed by atoms with Gasteiger partial charge >= 0.3 is 17.9 Å². The summed E-state index contributed by atoms with van der Waals surface area (Å²) in [5.74, 6) is 1.30. The number of aliphatic carboxylic acids is 1. The fourth-order valence-electron chi connectivity index (χ4n) is 12.2. The van der Waals surface area contributed by atoms with Gasteiger partial charge in [0, 0.05) is 42.2 Å². The molecule has 1 aromatic rings. The first-order chi connectivity index (χ1) is 25.6. The normalized spacial score (nSPS) is 37.2. The highest BCUT2D eigenvalue weighted by atomic mass is 16.7. The number of unbranched alkanes of at least 4 members (excludes halogenated alkanes) is 8. The minimum Gasteiger partial charge on any atom is -0.497 e. The molecule has 292 valence electrons. The molecule has 1 spiro atoms. The Balaban J connectivity index is 0.958. The lowest BCUT2D eigenvalue weighted by Crippen LogP contribution is -2.63. The quantitative estimate of drug-likeness (QED) is 0.131. The lowest BCUT2D eigenvalue weighted by Gasteiger charge is -2.65. The fraction of sp³-hybridized carbons (Fsp3) is 0.750. The van der Waals surface area contributed by atoms with E-state index in [4.69, 9.17) is 28.8 Å². The van der Waals surface area contributed by atoms with Gasteiger partial charge in [-0.3, -0.25) is 9.59 Å². The number of carboxylic acid groups (broad SMARTS) is 1. The molecule has 7 rings (SSSR count). The van der Waals surface area contributed by atoms with Gasteiger partial charge in [0.15, 0.2) is 6.29 Å². The molecule has 4 saturated carbocycles. The zero-order valence-electron chi connectivity index (χ0n) is 32.3. The van der Waals surface area contributed by atoms with Crippen LogP contribution in [0.15, 0.2) is 35.9 Å². The van der Waals surface area contributed by atoms with Crippen LogP contribution in [0.3, 0.4) is 0 Å². The molecule has 9 nitrogen and oxygen atoms in total. The maximum Gasteiger partial charge on any atom is 0.331 e. The van der Waals surface area contributed by atoms with E-state index in [1.54, 1.807) is 13.2 Å². The Morgan fingerprint density at radius 1 is 0.868 bits per heavy atom. The average Bonchev–Trinajstić information content (AvgIpc) is 3.64. The van der Waals surface area contributed by atoms with Crippen LogP contribution in [-0.4, -0.2) is 54.5 Å². The Morgan fingerprint density at radius 3 is 2.23 bits per heavy atom. The number of fused-ring (bicyclic) bond motifs is 4. The molecular formula is C44H62O9. The molecule has 0 radical (unpaired) electrons. The first-order valence-electron chi connectivity index (χ1n) is 20.8. The van der Waals surface area contributed by atoms with Crippen LogP contribution in [0.4, 0.5) is 0 Å². The van der Waals surface area contributed by atoms with Gasteiger partial charge in [-0.1, -0.05) is 70.9 Å². The van der Waals surface area contributed by atoms with Crippen LogP contribution in [0.2, 0.25) is 0 Å². The van der Waals surface area contributed by atoms with Gasteiger partial charge in [-0.15, -0.1) is 0 Å². The van der Waals surface area contributed by atoms with Crippen LogP contribution < -0.4 is 4.74 Å². The third-order valence-electron chi connectivity index (χ3n) is 14.9. The number of carboxylic acids is 1. The lowest BCUT2D eigenvalue weighted by atomic mass is 9.43. The first-order valence-corrected chi connectivity index (χ1v) is 20.8. The topological polar surface area (TPSA) is 118 Å². The summed E-state index contributed by atoms with van der Waals surface area (Å²) in [7, 11) is 1.68. The summed E-state index contributed by atoms with van der Waals surface area (Å²) in [6.07, 6.45) is 19.6. The predicted molar refractivity (Wildman–Crippen MR) is 199 cm³/mol. The molecule has 1 N–H and O–H groups in total. The van der Waals surface area contributed by atoms with Gasteiger partial charge in [0.2, 0.25) is 0 Å². The largest absolute Gasteiger partial charge is 0.497 e. The number of carbonyl (C=O) groups excluding carboxylic acids is 2. The first kappa shape index (κ1) is 38.4. The zero-order valence-corrected chi connectivity index (χ0v) is 32.3. The highest BCUT2D eigenvalue weighted by Gasteiger charge is 2.74. The van der Waals surface area contributed by atoms with Gasteiger partial charge in [-0.2, -0.15) is 0 Å². The molecule has 53 heavy (non-hydrogen) atoms. The summed E-state index contributed by atoms with van der Waals surface area (Å²) in [4.78, 5) is 35.9. The van der Waals surface area contributed by atoms with Crippen molar-refractivity contribution in [3.63, 3.8) is 0 Å². The number of methoxy groups -OCH3 is 1. The van der Waals surface area contributed by atoms with Crippen molar-refractivity contribution in [1.29, 1.82) is 0 Å². The van der Waals surface area contributed by atoms with Gasteiger partial charge in [0.05, 0.1) is 18.8 Å². The molecule has 4 aliphatic carbocycles. The molecule has 1 unspecified atom stereocenters. The third-order valence-corrected chi connectivity index (χ3v) is 14.9. The summed E-state index contributed by atoms with van der Waals surface area (Å²) in [6, 6.07) is 8.05. The highest BCUT2D eigenvalue weighted by Crippen LogP contribution is 2.73. The van der Waals surface area contributed by atoms with Crippen molar-refractivity contribution in [1.82, 2.24) is 0 Å². The van der Waals surface area contributed by atoms with E-state index in [2.05, 4.69) is 26.0 Å². The second kappa shape index (κ2) is 16.1. The number of hydrogen-bond acceptors (Lipinski definition) is 8. The van der Waals surface area contributed by atoms with E-state index in [9.17, 15) is 14.4 Å². The number of carbonyl (C=O) groups is 3. The number of ether oxygens (including phenoxy) is 5. The van der Waals surface area contributed by atoms with E-state index in [0.29, 0.717) is 30.8 Å². The van der Waals surface area contributed by atoms with Gasteiger partial charge < -0.3 is 28.8 Å². The summed E-state index contributed by atoms with van der Waals surface area (Å²) >= 11 is 0. The van der Waals surface area contributed by atoms with Crippen molar-refractivity contribution in [3.05, 3.63) is 41.5 Å². The summed E-state index contributed by atoms with van der Waals surface area (Å²) < 4.78 is 31.3. The van der Waals surface area contributed by atoms with Crippen LogP contribution in [0.1, 0.15) is 148 Å². The molecular weight excluding hydrogens is 672 g/mol. The number of esters is 2. The average molecular weight is 735 g/mol. The molecule has 2 bridgehead atoms. The van der Waals surface area contributed by atoms with E-state index < -0.39 is 12.3 Å². The Kier molecular flexibility index (Phi) is 11.6. The minimum absolute atomic E-state index is 0.0103. The standard InChI is InChI=1S/C44H62O9/c1-42-23-21-33(51-38(47)14-12-10-8-6-4-5-7-9-11-13-37(45)46)26-31(42)17-20-35-34(42)22-24-43(2)40(30-25-39(48)50-28-30)36-27-44(35,43)53-41(52-36)29-15-18-32(49-3)19-16-29/h15-16,18-19,25,31,33-36,40-41H,4-14,17,20-24,26-28H2,1-3H3,(H,45,46)/t31-,33+,34+,35-,36+,40+,41?,42+,43-,44+/m1/s1. The van der Waals surface area contributed by atoms with Gasteiger partial charge in [0.1, 0.15) is 18.5 Å². The van der Waals surface area contributed by atoms with Crippen LogP contribution >= 0.6 is 0 Å². The van der Waals surface area contributed by atoms with Crippen molar-refractivity contribution in [2.75, 3.05) is 13.7 Å². The molecule has 5 fully saturated rings. The van der Waals surface area contributed by atoms with E-state index in [1.807, 2.05) is 12.1 Å². The van der Waals surface area contributed by atoms with E-state index >= 15 is 0 Å². The smallest absolute Gasteiger partial charge is 0.331 e. The van der Waals surface area contributed by atoms with E-state index in [-0.39, 0.29) is 52.9 Å². The molecule has 10 atom stereocenters. The Hall–Kier alpha value is -2.91. The molecule has 0 amide bonds. The van der Waals surface area contributed by atoms with E-state index in [0.717, 1.165) is 113 Å². The number of hydrogen-bond donors (Lipinski definition) is 1. The van der Waals surface area contributed by atoms with Crippen LogP contribution in [0.5, 0.6) is 5.75 Å².